The summed E-state index contributed by atoms with van der Waals surface area (Å²) in [4.78, 5) is 21.7. The van der Waals surface area contributed by atoms with Crippen molar-refractivity contribution < 1.29 is 19.8 Å². The average Bonchev–Trinajstić information content (AvgIpc) is 2.38. The third kappa shape index (κ3) is 3.89. The van der Waals surface area contributed by atoms with Gasteiger partial charge in [0.15, 0.2) is 5.57 Å². The van der Waals surface area contributed by atoms with Gasteiger partial charge in [-0.15, -0.1) is 0 Å². The number of carboxylic acids is 2. The molecule has 21 heavy (non-hydrogen) atoms. The lowest BCUT2D eigenvalue weighted by atomic mass is 10.0. The summed E-state index contributed by atoms with van der Waals surface area (Å²) >= 11 is 12.3. The second kappa shape index (κ2) is 7.33. The minimum Gasteiger partial charge on any atom is -0.477 e. The van der Waals surface area contributed by atoms with Crippen molar-refractivity contribution in [3.05, 3.63) is 39.0 Å². The average molecular weight is 332 g/mol. The van der Waals surface area contributed by atoms with Crippen LogP contribution in [0.25, 0.3) is 0 Å². The van der Waals surface area contributed by atoms with Gasteiger partial charge in [0.2, 0.25) is 0 Å². The Labute approximate surface area is 132 Å². The Balaban J connectivity index is 3.38. The van der Waals surface area contributed by atoms with Crippen LogP contribution in [-0.4, -0.2) is 22.2 Å². The van der Waals surface area contributed by atoms with Gasteiger partial charge in [-0.3, -0.25) is 0 Å². The van der Waals surface area contributed by atoms with Crippen molar-refractivity contribution in [2.75, 3.05) is 5.32 Å². The molecule has 1 aromatic carbocycles. The summed E-state index contributed by atoms with van der Waals surface area (Å²) in [5.74, 6) is -3.06. The Morgan fingerprint density at radius 3 is 1.86 bits per heavy atom. The molecule has 0 aromatic heterocycles. The zero-order chi connectivity index (χ0) is 16.2. The summed E-state index contributed by atoms with van der Waals surface area (Å²) < 4.78 is 0. The number of nitrogens with one attached hydrogen (secondary N) is 1. The molecule has 1 aromatic rings. The highest BCUT2D eigenvalue weighted by Gasteiger charge is 2.18. The normalized spacial score (nSPS) is 10.1. The van der Waals surface area contributed by atoms with E-state index >= 15 is 0 Å². The zero-order valence-electron chi connectivity index (χ0n) is 11.5. The first-order valence-corrected chi connectivity index (χ1v) is 7.02. The molecule has 0 bridgehead atoms. The van der Waals surface area contributed by atoms with Gasteiger partial charge in [0.25, 0.3) is 0 Å². The predicted octanol–water partition coefficient (Wildman–Crippen LogP) is 3.58. The molecule has 0 heterocycles. The summed E-state index contributed by atoms with van der Waals surface area (Å²) in [5, 5.41) is 21.3. The molecule has 0 fully saturated rings. The molecule has 0 radical (unpaired) electrons. The Morgan fingerprint density at radius 2 is 1.52 bits per heavy atom. The van der Waals surface area contributed by atoms with Crippen LogP contribution < -0.4 is 5.32 Å². The molecule has 0 spiro atoms. The van der Waals surface area contributed by atoms with Crippen LogP contribution in [0.4, 0.5) is 5.69 Å². The number of hydrogen-bond donors (Lipinski definition) is 3. The first kappa shape index (κ1) is 17.3. The topological polar surface area (TPSA) is 86.6 Å². The van der Waals surface area contributed by atoms with Gasteiger partial charge in [-0.2, -0.15) is 0 Å². The highest BCUT2D eigenvalue weighted by atomic mass is 35.5. The fourth-order valence-corrected chi connectivity index (χ4v) is 2.66. The van der Waals surface area contributed by atoms with Crippen molar-refractivity contribution >= 4 is 40.8 Å². The second-order valence-corrected chi connectivity index (χ2v) is 5.01. The monoisotopic (exact) mass is 331 g/mol. The smallest absolute Gasteiger partial charge is 0.344 e. The number of rotatable bonds is 6. The fourth-order valence-electron chi connectivity index (χ4n) is 1.93. The standard InChI is InChI=1S/C14H15Cl2NO4/c1-3-7-10(15)5-11(16)8(4-2)12(7)17-6-9(13(18)19)14(20)21/h5-6,17H,3-4H2,1-2H3,(H,18,19)(H,20,21). The van der Waals surface area contributed by atoms with Crippen LogP contribution in [0.1, 0.15) is 25.0 Å². The second-order valence-electron chi connectivity index (χ2n) is 4.19. The number of anilines is 1. The lowest BCUT2D eigenvalue weighted by Crippen LogP contribution is -2.13. The number of benzene rings is 1. The van der Waals surface area contributed by atoms with E-state index in [9.17, 15) is 9.59 Å². The molecule has 5 nitrogen and oxygen atoms in total. The van der Waals surface area contributed by atoms with E-state index in [4.69, 9.17) is 33.4 Å². The molecule has 1 rings (SSSR count). The highest BCUT2D eigenvalue weighted by molar-refractivity contribution is 6.36. The summed E-state index contributed by atoms with van der Waals surface area (Å²) in [5.41, 5.74) is 1.29. The minimum atomic E-state index is -1.53. The van der Waals surface area contributed by atoms with Gasteiger partial charge in [0.1, 0.15) is 0 Å². The van der Waals surface area contributed by atoms with E-state index in [1.54, 1.807) is 6.07 Å². The Hall–Kier alpha value is -1.72. The van der Waals surface area contributed by atoms with E-state index in [2.05, 4.69) is 5.32 Å². The largest absolute Gasteiger partial charge is 0.477 e. The quantitative estimate of drug-likeness (QED) is 0.421. The predicted molar refractivity (Wildman–Crippen MR) is 82.2 cm³/mol. The molecule has 0 aliphatic carbocycles. The molecular weight excluding hydrogens is 317 g/mol. The van der Waals surface area contributed by atoms with Gasteiger partial charge < -0.3 is 15.5 Å². The van der Waals surface area contributed by atoms with Crippen molar-refractivity contribution in [1.29, 1.82) is 0 Å². The van der Waals surface area contributed by atoms with Gasteiger partial charge in [0.05, 0.1) is 0 Å². The molecular formula is C14H15Cl2NO4. The molecule has 0 unspecified atom stereocenters. The fraction of sp³-hybridized carbons (Fsp3) is 0.286. The SMILES string of the molecule is CCc1c(Cl)cc(Cl)c(CC)c1NC=C(C(=O)O)C(=O)O. The van der Waals surface area contributed by atoms with E-state index in [1.165, 1.54) is 0 Å². The van der Waals surface area contributed by atoms with Crippen LogP contribution in [0.2, 0.25) is 10.0 Å². The Bertz CT molecular complexity index is 567. The summed E-state index contributed by atoms with van der Waals surface area (Å²) in [6.07, 6.45) is 2.12. The third-order valence-corrected chi connectivity index (χ3v) is 3.64. The summed E-state index contributed by atoms with van der Waals surface area (Å²) in [6, 6.07) is 1.63. The maximum absolute atomic E-state index is 10.9. The maximum Gasteiger partial charge on any atom is 0.344 e. The zero-order valence-corrected chi connectivity index (χ0v) is 13.0. The van der Waals surface area contributed by atoms with E-state index in [0.717, 1.165) is 17.3 Å². The van der Waals surface area contributed by atoms with Crippen molar-refractivity contribution in [2.24, 2.45) is 0 Å². The van der Waals surface area contributed by atoms with Crippen LogP contribution in [0.5, 0.6) is 0 Å². The van der Waals surface area contributed by atoms with Gasteiger partial charge in [-0.25, -0.2) is 9.59 Å². The van der Waals surface area contributed by atoms with Crippen molar-refractivity contribution in [1.82, 2.24) is 0 Å². The van der Waals surface area contributed by atoms with Gasteiger partial charge in [0, 0.05) is 21.9 Å². The van der Waals surface area contributed by atoms with Crippen LogP contribution in [0.15, 0.2) is 17.8 Å². The summed E-state index contributed by atoms with van der Waals surface area (Å²) in [6.45, 7) is 3.78. The van der Waals surface area contributed by atoms with Crippen molar-refractivity contribution in [3.63, 3.8) is 0 Å². The lowest BCUT2D eigenvalue weighted by molar-refractivity contribution is -0.140. The van der Waals surface area contributed by atoms with E-state index in [-0.39, 0.29) is 0 Å². The molecule has 0 atom stereocenters. The minimum absolute atomic E-state index is 0.447. The first-order valence-electron chi connectivity index (χ1n) is 6.26. The molecule has 114 valence electrons. The van der Waals surface area contributed by atoms with Crippen molar-refractivity contribution in [2.45, 2.75) is 26.7 Å². The van der Waals surface area contributed by atoms with Crippen LogP contribution in [-0.2, 0) is 22.4 Å². The number of carboxylic acid groups (broad SMARTS) is 2. The maximum atomic E-state index is 10.9. The van der Waals surface area contributed by atoms with E-state index < -0.39 is 17.5 Å². The van der Waals surface area contributed by atoms with Gasteiger partial charge in [-0.1, -0.05) is 37.0 Å². The lowest BCUT2D eigenvalue weighted by Gasteiger charge is -2.16. The van der Waals surface area contributed by atoms with Crippen LogP contribution in [0, 0.1) is 0 Å². The van der Waals surface area contributed by atoms with Crippen LogP contribution in [0.3, 0.4) is 0 Å². The number of carbonyl (C=O) groups is 2. The molecule has 0 amide bonds. The third-order valence-electron chi connectivity index (χ3n) is 2.96. The number of hydrogen-bond acceptors (Lipinski definition) is 3. The molecule has 0 aliphatic heterocycles. The van der Waals surface area contributed by atoms with Gasteiger partial charge in [-0.05, 0) is 30.0 Å². The van der Waals surface area contributed by atoms with Gasteiger partial charge >= 0.3 is 11.9 Å². The Kier molecular flexibility index (Phi) is 6.05. The number of halogens is 2. The number of aliphatic carboxylic acids is 2. The molecule has 7 heteroatoms. The molecule has 0 saturated heterocycles. The van der Waals surface area contributed by atoms with E-state index in [0.29, 0.717) is 28.6 Å². The molecule has 0 aliphatic rings. The molecule has 3 N–H and O–H groups in total. The first-order chi connectivity index (χ1) is 9.83. The van der Waals surface area contributed by atoms with Crippen molar-refractivity contribution in [3.8, 4) is 0 Å². The molecule has 0 saturated carbocycles. The van der Waals surface area contributed by atoms with E-state index in [1.807, 2.05) is 13.8 Å². The Morgan fingerprint density at radius 1 is 1.10 bits per heavy atom. The van der Waals surface area contributed by atoms with Crippen LogP contribution >= 0.6 is 23.2 Å². The highest BCUT2D eigenvalue weighted by Crippen LogP contribution is 2.35. The summed E-state index contributed by atoms with van der Waals surface area (Å²) in [7, 11) is 0.